The summed E-state index contributed by atoms with van der Waals surface area (Å²) in [4.78, 5) is 27.3. The number of aryl methyl sites for hydroxylation is 1. The number of alkyl halides is 2. The summed E-state index contributed by atoms with van der Waals surface area (Å²) in [5, 5.41) is 24.6. The lowest BCUT2D eigenvalue weighted by molar-refractivity contribution is -0.941. The third kappa shape index (κ3) is 6.97. The van der Waals surface area contributed by atoms with Gasteiger partial charge in [0.05, 0.1) is 24.5 Å². The molecule has 2 fully saturated rings. The predicted molar refractivity (Wildman–Crippen MR) is 165 cm³/mol. The second kappa shape index (κ2) is 13.5. The zero-order chi connectivity index (χ0) is 32.1. The van der Waals surface area contributed by atoms with Crippen molar-refractivity contribution in [3.05, 3.63) is 65.6 Å². The maximum absolute atomic E-state index is 13.9. The van der Waals surface area contributed by atoms with Crippen LogP contribution in [-0.2, 0) is 15.1 Å². The number of carbonyl (C=O) groups is 1. The number of aromatic nitrogens is 3. The number of halogens is 2. The molecule has 3 aromatic heterocycles. The molecule has 45 heavy (non-hydrogen) atoms. The summed E-state index contributed by atoms with van der Waals surface area (Å²) in [5.41, 5.74) is -0.364. The van der Waals surface area contributed by atoms with Crippen LogP contribution in [0.5, 0.6) is 0 Å². The van der Waals surface area contributed by atoms with E-state index in [4.69, 9.17) is 4.74 Å². The monoisotopic (exact) mass is 619 g/mol. The van der Waals surface area contributed by atoms with Crippen molar-refractivity contribution in [3.8, 4) is 17.3 Å². The lowest BCUT2D eigenvalue weighted by atomic mass is 9.62. The maximum atomic E-state index is 13.9. The van der Waals surface area contributed by atoms with E-state index in [1.807, 2.05) is 13.0 Å². The van der Waals surface area contributed by atoms with Crippen molar-refractivity contribution in [1.82, 2.24) is 15.0 Å². The van der Waals surface area contributed by atoms with Crippen LogP contribution in [0, 0.1) is 23.7 Å². The summed E-state index contributed by atoms with van der Waals surface area (Å²) in [6, 6.07) is 12.0. The third-order valence-corrected chi connectivity index (χ3v) is 9.49. The number of piperidine rings is 1. The van der Waals surface area contributed by atoms with Gasteiger partial charge >= 0.3 is 5.97 Å². The molecule has 4 heterocycles. The Labute approximate surface area is 262 Å². The van der Waals surface area contributed by atoms with Crippen molar-refractivity contribution in [2.24, 2.45) is 5.41 Å². The molecule has 5 rings (SSSR count). The molecule has 0 radical (unpaired) electrons. The van der Waals surface area contributed by atoms with Crippen LogP contribution in [0.1, 0.15) is 81.5 Å². The van der Waals surface area contributed by atoms with Gasteiger partial charge in [-0.15, -0.1) is 0 Å². The van der Waals surface area contributed by atoms with Gasteiger partial charge in [0.25, 0.3) is 6.43 Å². The lowest BCUT2D eigenvalue weighted by Gasteiger charge is -2.46. The second-order valence-electron chi connectivity index (χ2n) is 12.7. The molecule has 0 amide bonds. The first-order valence-electron chi connectivity index (χ1n) is 15.7. The highest BCUT2D eigenvalue weighted by Gasteiger charge is 2.56. The molecule has 0 unspecified atom stereocenters. The minimum absolute atomic E-state index is 0.133. The molecule has 1 saturated heterocycles. The van der Waals surface area contributed by atoms with Gasteiger partial charge in [-0.25, -0.2) is 18.7 Å². The molecule has 2 N–H and O–H groups in total. The summed E-state index contributed by atoms with van der Waals surface area (Å²) in [5.74, 6) is 0.265. The average Bonchev–Trinajstić information content (AvgIpc) is 3.04. The van der Waals surface area contributed by atoms with Gasteiger partial charge in [-0.2, -0.15) is 5.26 Å². The molecule has 0 aromatic carbocycles. The van der Waals surface area contributed by atoms with E-state index in [2.05, 4.69) is 26.3 Å². The Morgan fingerprint density at radius 3 is 2.49 bits per heavy atom. The molecule has 0 bridgehead atoms. The van der Waals surface area contributed by atoms with Crippen LogP contribution in [0.4, 0.5) is 20.4 Å². The molecular weight excluding hydrogens is 578 g/mol. The van der Waals surface area contributed by atoms with E-state index in [0.717, 1.165) is 57.2 Å². The van der Waals surface area contributed by atoms with E-state index in [9.17, 15) is 23.9 Å². The smallest absolute Gasteiger partial charge is 0.319 e. The lowest BCUT2D eigenvalue weighted by Crippen LogP contribution is -2.56. The van der Waals surface area contributed by atoms with Crippen LogP contribution < -0.4 is 5.32 Å². The van der Waals surface area contributed by atoms with Crippen LogP contribution in [0.15, 0.2) is 48.8 Å². The van der Waals surface area contributed by atoms with E-state index in [1.54, 1.807) is 31.3 Å². The number of hydrogen-bond acceptors (Lipinski definition) is 8. The summed E-state index contributed by atoms with van der Waals surface area (Å²) < 4.78 is 32.8. The van der Waals surface area contributed by atoms with Gasteiger partial charge in [0.2, 0.25) is 6.73 Å². The van der Waals surface area contributed by atoms with Crippen LogP contribution in [0.2, 0.25) is 0 Å². The molecule has 1 aliphatic heterocycles. The summed E-state index contributed by atoms with van der Waals surface area (Å²) in [7, 11) is 0. The number of nitrogens with zero attached hydrogens (tertiary/aromatic N) is 5. The summed E-state index contributed by atoms with van der Waals surface area (Å²) >= 11 is 0. The zero-order valence-corrected chi connectivity index (χ0v) is 25.9. The number of nitriles is 1. The van der Waals surface area contributed by atoms with Crippen LogP contribution in [0.3, 0.4) is 0 Å². The Morgan fingerprint density at radius 2 is 1.82 bits per heavy atom. The van der Waals surface area contributed by atoms with E-state index in [-0.39, 0.29) is 18.1 Å². The van der Waals surface area contributed by atoms with Crippen molar-refractivity contribution in [3.63, 3.8) is 0 Å². The van der Waals surface area contributed by atoms with E-state index < -0.39 is 23.4 Å². The number of rotatable bonds is 10. The van der Waals surface area contributed by atoms with Crippen LogP contribution in [0.25, 0.3) is 11.3 Å². The summed E-state index contributed by atoms with van der Waals surface area (Å²) in [6.45, 7) is 5.58. The molecule has 0 spiro atoms. The topological polar surface area (TPSA) is 121 Å². The number of hydrogen-bond donors (Lipinski definition) is 2. The fraction of sp³-hybridized carbons (Fsp3) is 0.500. The van der Waals surface area contributed by atoms with Crippen molar-refractivity contribution in [2.45, 2.75) is 77.2 Å². The molecule has 1 aliphatic carbocycles. The number of esters is 1. The minimum Gasteiger partial charge on any atom is -0.414 e. The Hall–Kier alpha value is -4.01. The number of nitrogens with one attached hydrogen (secondary N) is 1. The highest BCUT2D eigenvalue weighted by atomic mass is 19.3. The van der Waals surface area contributed by atoms with Crippen molar-refractivity contribution in [1.29, 1.82) is 5.26 Å². The van der Waals surface area contributed by atoms with Gasteiger partial charge in [0.15, 0.2) is 6.54 Å². The van der Waals surface area contributed by atoms with Crippen molar-refractivity contribution >= 4 is 17.6 Å². The predicted octanol–water partition coefficient (Wildman–Crippen LogP) is 6.71. The number of quaternary nitrogens is 1. The van der Waals surface area contributed by atoms with Crippen molar-refractivity contribution in [2.75, 3.05) is 31.7 Å². The van der Waals surface area contributed by atoms with E-state index in [0.29, 0.717) is 46.6 Å². The highest BCUT2D eigenvalue weighted by molar-refractivity contribution is 5.79. The third-order valence-electron chi connectivity index (χ3n) is 9.49. The van der Waals surface area contributed by atoms with Gasteiger partial charge in [0, 0.05) is 23.5 Å². The van der Waals surface area contributed by atoms with Gasteiger partial charge in [-0.3, -0.25) is 14.3 Å². The number of anilines is 2. The Bertz CT molecular complexity index is 1530. The minimum atomic E-state index is -2.61. The number of likely N-dealkylation sites (tertiary alicyclic amines) is 1. The van der Waals surface area contributed by atoms with Crippen LogP contribution in [-0.4, -0.2) is 56.9 Å². The van der Waals surface area contributed by atoms with Gasteiger partial charge < -0.3 is 15.2 Å². The number of carbonyl (C=O) groups excluding carboxylic acids is 1. The molecular formula is C34H41F2N6O3+. The quantitative estimate of drug-likeness (QED) is 0.146. The highest BCUT2D eigenvalue weighted by Crippen LogP contribution is 2.50. The Morgan fingerprint density at radius 1 is 1.09 bits per heavy atom. The molecule has 1 saturated carbocycles. The Kier molecular flexibility index (Phi) is 9.75. The van der Waals surface area contributed by atoms with Crippen molar-refractivity contribution < 1.29 is 27.9 Å². The number of ether oxygens (including phenoxy) is 1. The number of aliphatic hydroxyl groups is 1. The van der Waals surface area contributed by atoms with E-state index in [1.165, 1.54) is 18.3 Å². The normalized spacial score (nSPS) is 18.9. The largest absolute Gasteiger partial charge is 0.414 e. The average molecular weight is 620 g/mol. The SMILES string of the molecule is Cc1cc(Nc2cc(C(F)F)ccn2)nc(-c2ccc([C@](C)(O)C3(C(=O)OC[N+]4(CC#N)CCCCC4)CCCCC3)nc2)c1. The fourth-order valence-electron chi connectivity index (χ4n) is 6.78. The van der Waals surface area contributed by atoms with Gasteiger partial charge in [0.1, 0.15) is 28.7 Å². The van der Waals surface area contributed by atoms with Gasteiger partial charge in [-0.05, 0) is 87.9 Å². The molecule has 2 aliphatic rings. The van der Waals surface area contributed by atoms with Gasteiger partial charge in [-0.1, -0.05) is 19.3 Å². The fourth-order valence-corrected chi connectivity index (χ4v) is 6.78. The Balaban J connectivity index is 1.37. The molecule has 9 nitrogen and oxygen atoms in total. The number of pyridine rings is 3. The second-order valence-corrected chi connectivity index (χ2v) is 12.7. The standard InChI is InChI=1S/C34H41F2N6O3/c1-24-19-27(40-30(20-24)41-29-21-25(31(35)36)11-15-38-29)26-9-10-28(39-22-26)33(2,44)34(12-5-3-6-13-34)32(43)45-23-42(18-14-37)16-7-4-8-17-42/h9-11,15,19-22,31,44H,3-8,12-13,16-18,23H2,1-2H3,(H,38,40,41)/q+1/t33-/m0/s1. The molecule has 1 atom stereocenters. The first kappa shape index (κ1) is 32.4. The first-order valence-corrected chi connectivity index (χ1v) is 15.7. The molecule has 11 heteroatoms. The van der Waals surface area contributed by atoms with Crippen LogP contribution >= 0.6 is 0 Å². The maximum Gasteiger partial charge on any atom is 0.319 e. The first-order chi connectivity index (χ1) is 21.6. The molecule has 3 aromatic rings. The molecule has 238 valence electrons. The zero-order valence-electron chi connectivity index (χ0n) is 25.9. The summed E-state index contributed by atoms with van der Waals surface area (Å²) in [6.07, 6.45) is 6.96. The van der Waals surface area contributed by atoms with E-state index >= 15 is 0 Å².